The van der Waals surface area contributed by atoms with Crippen LogP contribution in [0.3, 0.4) is 0 Å². The number of nitrogens with zero attached hydrogens (tertiary/aromatic N) is 1. The highest BCUT2D eigenvalue weighted by molar-refractivity contribution is 5.77. The van der Waals surface area contributed by atoms with Crippen LogP contribution in [-0.4, -0.2) is 17.4 Å². The number of aromatic nitrogens is 1. The summed E-state index contributed by atoms with van der Waals surface area (Å²) in [5, 5.41) is 3.06. The van der Waals surface area contributed by atoms with Crippen molar-refractivity contribution < 1.29 is 4.79 Å². The van der Waals surface area contributed by atoms with Crippen LogP contribution in [0.5, 0.6) is 0 Å². The Balaban J connectivity index is 1.40. The highest BCUT2D eigenvalue weighted by atomic mass is 16.1. The molecule has 1 aromatic heterocycles. The molecule has 0 aliphatic heterocycles. The fourth-order valence-electron chi connectivity index (χ4n) is 3.22. The van der Waals surface area contributed by atoms with Crippen LogP contribution in [0.2, 0.25) is 0 Å². The number of fused-ring (bicyclic) bond motifs is 1. The standard InChI is InChI=1S/C19H22N2O/c22-19(21-11-3-4-15-9-12-20-13-10-15)14-17-8-7-16-5-1-2-6-18(16)17/h1-2,5-6,9-10,12-13,17H,3-4,7-8,11,14H2,(H,21,22). The first-order chi connectivity index (χ1) is 10.8. The van der Waals surface area contributed by atoms with E-state index in [4.69, 9.17) is 0 Å². The lowest BCUT2D eigenvalue weighted by Gasteiger charge is -2.11. The van der Waals surface area contributed by atoms with Crippen LogP contribution in [0, 0.1) is 0 Å². The molecule has 1 N–H and O–H groups in total. The Kier molecular flexibility index (Phi) is 4.84. The first-order valence-corrected chi connectivity index (χ1v) is 8.06. The van der Waals surface area contributed by atoms with Crippen molar-refractivity contribution in [2.24, 2.45) is 0 Å². The van der Waals surface area contributed by atoms with Gasteiger partial charge in [-0.25, -0.2) is 0 Å². The molecule has 22 heavy (non-hydrogen) atoms. The summed E-state index contributed by atoms with van der Waals surface area (Å²) in [6.07, 6.45) is 8.40. The molecule has 1 aliphatic carbocycles. The maximum atomic E-state index is 12.1. The maximum Gasteiger partial charge on any atom is 0.220 e. The maximum absolute atomic E-state index is 12.1. The van der Waals surface area contributed by atoms with E-state index in [1.54, 1.807) is 0 Å². The molecular weight excluding hydrogens is 272 g/mol. The van der Waals surface area contributed by atoms with Crippen molar-refractivity contribution in [1.82, 2.24) is 10.3 Å². The highest BCUT2D eigenvalue weighted by Gasteiger charge is 2.23. The minimum atomic E-state index is 0.177. The molecule has 3 heteroatoms. The van der Waals surface area contributed by atoms with E-state index in [0.29, 0.717) is 12.3 Å². The lowest BCUT2D eigenvalue weighted by atomic mass is 9.97. The lowest BCUT2D eigenvalue weighted by Crippen LogP contribution is -2.26. The molecule has 1 aliphatic rings. The number of aryl methyl sites for hydroxylation is 2. The first kappa shape index (κ1) is 14.8. The number of pyridine rings is 1. The van der Waals surface area contributed by atoms with Gasteiger partial charge in [-0.05, 0) is 60.4 Å². The Labute approximate surface area is 131 Å². The van der Waals surface area contributed by atoms with Crippen LogP contribution in [0.25, 0.3) is 0 Å². The van der Waals surface area contributed by atoms with Gasteiger partial charge in [-0.1, -0.05) is 24.3 Å². The Morgan fingerprint density at radius 1 is 1.18 bits per heavy atom. The Morgan fingerprint density at radius 2 is 2.00 bits per heavy atom. The quantitative estimate of drug-likeness (QED) is 0.831. The van der Waals surface area contributed by atoms with E-state index < -0.39 is 0 Å². The van der Waals surface area contributed by atoms with Crippen LogP contribution in [0.15, 0.2) is 48.8 Å². The SMILES string of the molecule is O=C(CC1CCc2ccccc21)NCCCc1ccncc1. The molecule has 1 aromatic carbocycles. The Bertz CT molecular complexity index is 624. The average molecular weight is 294 g/mol. The second kappa shape index (κ2) is 7.21. The number of hydrogen-bond acceptors (Lipinski definition) is 2. The van der Waals surface area contributed by atoms with Crippen molar-refractivity contribution in [1.29, 1.82) is 0 Å². The molecule has 1 unspecified atom stereocenters. The van der Waals surface area contributed by atoms with Gasteiger partial charge in [0.25, 0.3) is 0 Å². The van der Waals surface area contributed by atoms with Crippen molar-refractivity contribution in [2.45, 2.75) is 38.0 Å². The summed E-state index contributed by atoms with van der Waals surface area (Å²) < 4.78 is 0. The van der Waals surface area contributed by atoms with Crippen molar-refractivity contribution in [3.05, 3.63) is 65.5 Å². The molecule has 0 saturated heterocycles. The van der Waals surface area contributed by atoms with E-state index in [0.717, 1.165) is 32.2 Å². The summed E-state index contributed by atoms with van der Waals surface area (Å²) >= 11 is 0. The third-order valence-electron chi connectivity index (χ3n) is 4.40. The van der Waals surface area contributed by atoms with E-state index in [1.807, 2.05) is 24.5 Å². The lowest BCUT2D eigenvalue weighted by molar-refractivity contribution is -0.121. The summed E-state index contributed by atoms with van der Waals surface area (Å²) in [5.41, 5.74) is 4.06. The number of rotatable bonds is 6. The van der Waals surface area contributed by atoms with Gasteiger partial charge in [-0.3, -0.25) is 9.78 Å². The van der Waals surface area contributed by atoms with Gasteiger partial charge in [0.1, 0.15) is 0 Å². The van der Waals surface area contributed by atoms with E-state index in [9.17, 15) is 4.79 Å². The molecule has 3 rings (SSSR count). The second-order valence-electron chi connectivity index (χ2n) is 5.95. The van der Waals surface area contributed by atoms with Gasteiger partial charge >= 0.3 is 0 Å². The summed E-state index contributed by atoms with van der Waals surface area (Å²) in [6.45, 7) is 0.746. The molecule has 0 saturated carbocycles. The van der Waals surface area contributed by atoms with E-state index in [1.165, 1.54) is 16.7 Å². The van der Waals surface area contributed by atoms with Crippen molar-refractivity contribution in [3.63, 3.8) is 0 Å². The Hall–Kier alpha value is -2.16. The summed E-state index contributed by atoms with van der Waals surface area (Å²) in [6, 6.07) is 12.6. The summed E-state index contributed by atoms with van der Waals surface area (Å²) in [7, 11) is 0. The number of nitrogens with one attached hydrogen (secondary N) is 1. The predicted octanol–water partition coefficient (Wildman–Crippen LogP) is 3.25. The van der Waals surface area contributed by atoms with Gasteiger partial charge in [0.05, 0.1) is 0 Å². The number of hydrogen-bond donors (Lipinski definition) is 1. The zero-order chi connectivity index (χ0) is 15.2. The van der Waals surface area contributed by atoms with Gasteiger partial charge < -0.3 is 5.32 Å². The smallest absolute Gasteiger partial charge is 0.220 e. The molecule has 114 valence electrons. The van der Waals surface area contributed by atoms with Crippen molar-refractivity contribution >= 4 is 5.91 Å². The molecular formula is C19H22N2O. The van der Waals surface area contributed by atoms with Gasteiger partial charge in [0.2, 0.25) is 5.91 Å². The van der Waals surface area contributed by atoms with Crippen molar-refractivity contribution in [2.75, 3.05) is 6.54 Å². The molecule has 0 bridgehead atoms. The molecule has 3 nitrogen and oxygen atoms in total. The number of benzene rings is 1. The number of carbonyl (C=O) groups is 1. The summed E-state index contributed by atoms with van der Waals surface area (Å²) in [5.74, 6) is 0.577. The molecule has 1 heterocycles. The van der Waals surface area contributed by atoms with Crippen LogP contribution in [-0.2, 0) is 17.6 Å². The predicted molar refractivity (Wildman–Crippen MR) is 87.7 cm³/mol. The van der Waals surface area contributed by atoms with Gasteiger partial charge in [0, 0.05) is 25.4 Å². The van der Waals surface area contributed by atoms with Crippen LogP contribution >= 0.6 is 0 Å². The topological polar surface area (TPSA) is 42.0 Å². The fourth-order valence-corrected chi connectivity index (χ4v) is 3.22. The number of amides is 1. The van der Waals surface area contributed by atoms with E-state index >= 15 is 0 Å². The van der Waals surface area contributed by atoms with Crippen LogP contribution in [0.1, 0.15) is 41.9 Å². The zero-order valence-electron chi connectivity index (χ0n) is 12.8. The first-order valence-electron chi connectivity index (χ1n) is 8.06. The van der Waals surface area contributed by atoms with Crippen LogP contribution < -0.4 is 5.32 Å². The second-order valence-corrected chi connectivity index (χ2v) is 5.95. The van der Waals surface area contributed by atoms with Crippen molar-refractivity contribution in [3.8, 4) is 0 Å². The molecule has 0 radical (unpaired) electrons. The molecule has 2 aromatic rings. The third kappa shape index (κ3) is 3.73. The minimum absolute atomic E-state index is 0.177. The average Bonchev–Trinajstić information content (AvgIpc) is 2.96. The summed E-state index contributed by atoms with van der Waals surface area (Å²) in [4.78, 5) is 16.1. The van der Waals surface area contributed by atoms with E-state index in [-0.39, 0.29) is 5.91 Å². The molecule has 1 amide bonds. The zero-order valence-corrected chi connectivity index (χ0v) is 12.8. The normalized spacial score (nSPS) is 16.3. The number of carbonyl (C=O) groups excluding carboxylic acids is 1. The van der Waals surface area contributed by atoms with Crippen LogP contribution in [0.4, 0.5) is 0 Å². The minimum Gasteiger partial charge on any atom is -0.356 e. The molecule has 0 spiro atoms. The van der Waals surface area contributed by atoms with E-state index in [2.05, 4.69) is 34.6 Å². The van der Waals surface area contributed by atoms with Gasteiger partial charge in [-0.15, -0.1) is 0 Å². The largest absolute Gasteiger partial charge is 0.356 e. The fraction of sp³-hybridized carbons (Fsp3) is 0.368. The third-order valence-corrected chi connectivity index (χ3v) is 4.40. The van der Waals surface area contributed by atoms with Gasteiger partial charge in [0.15, 0.2) is 0 Å². The monoisotopic (exact) mass is 294 g/mol. The highest BCUT2D eigenvalue weighted by Crippen LogP contribution is 2.34. The van der Waals surface area contributed by atoms with Gasteiger partial charge in [-0.2, -0.15) is 0 Å². The Morgan fingerprint density at radius 3 is 2.86 bits per heavy atom. The molecule has 1 atom stereocenters. The molecule has 0 fully saturated rings.